The third kappa shape index (κ3) is 2.71. The van der Waals surface area contributed by atoms with Gasteiger partial charge < -0.3 is 5.32 Å². The standard InChI is InChI=1S/C16H22N2/c1-13(18(3)12-11-17-2)15-10-6-8-14-7-4-5-9-16(14)15/h4-10,13,17H,11-12H2,1-3H3. The van der Waals surface area contributed by atoms with E-state index in [1.807, 2.05) is 7.05 Å². The Labute approximate surface area is 110 Å². The molecule has 0 fully saturated rings. The monoisotopic (exact) mass is 242 g/mol. The topological polar surface area (TPSA) is 15.3 Å². The minimum Gasteiger partial charge on any atom is -0.318 e. The Kier molecular flexibility index (Phi) is 4.34. The molecule has 18 heavy (non-hydrogen) atoms. The van der Waals surface area contributed by atoms with Crippen LogP contribution < -0.4 is 5.32 Å². The van der Waals surface area contributed by atoms with Gasteiger partial charge in [-0.25, -0.2) is 0 Å². The van der Waals surface area contributed by atoms with Crippen LogP contribution in [0.1, 0.15) is 18.5 Å². The Bertz CT molecular complexity index is 502. The van der Waals surface area contributed by atoms with Gasteiger partial charge in [-0.2, -0.15) is 0 Å². The summed E-state index contributed by atoms with van der Waals surface area (Å²) < 4.78 is 0. The van der Waals surface area contributed by atoms with Crippen molar-refractivity contribution in [2.24, 2.45) is 0 Å². The predicted octanol–water partition coefficient (Wildman–Crippen LogP) is 3.05. The molecule has 2 aromatic rings. The first-order valence-electron chi connectivity index (χ1n) is 6.56. The van der Waals surface area contributed by atoms with E-state index in [0.29, 0.717) is 6.04 Å². The van der Waals surface area contributed by atoms with Crippen molar-refractivity contribution >= 4 is 10.8 Å². The number of hydrogen-bond donors (Lipinski definition) is 1. The fraction of sp³-hybridized carbons (Fsp3) is 0.375. The van der Waals surface area contributed by atoms with Crippen molar-refractivity contribution in [1.82, 2.24) is 10.2 Å². The quantitative estimate of drug-likeness (QED) is 0.867. The Hall–Kier alpha value is -1.38. The van der Waals surface area contributed by atoms with Gasteiger partial charge in [-0.3, -0.25) is 4.90 Å². The van der Waals surface area contributed by atoms with Crippen LogP contribution in [0.25, 0.3) is 10.8 Å². The van der Waals surface area contributed by atoms with Gasteiger partial charge in [-0.1, -0.05) is 42.5 Å². The van der Waals surface area contributed by atoms with Gasteiger partial charge in [0.2, 0.25) is 0 Å². The largest absolute Gasteiger partial charge is 0.318 e. The minimum atomic E-state index is 0.435. The van der Waals surface area contributed by atoms with Crippen LogP contribution in [0.4, 0.5) is 0 Å². The van der Waals surface area contributed by atoms with E-state index in [-0.39, 0.29) is 0 Å². The van der Waals surface area contributed by atoms with Gasteiger partial charge in [0.05, 0.1) is 0 Å². The Morgan fingerprint density at radius 3 is 2.61 bits per heavy atom. The van der Waals surface area contributed by atoms with Gasteiger partial charge in [0.1, 0.15) is 0 Å². The lowest BCUT2D eigenvalue weighted by molar-refractivity contribution is 0.265. The average Bonchev–Trinajstić information content (AvgIpc) is 2.43. The van der Waals surface area contributed by atoms with E-state index in [2.05, 4.69) is 66.7 Å². The molecule has 2 rings (SSSR count). The second kappa shape index (κ2) is 5.98. The molecule has 0 heterocycles. The SMILES string of the molecule is CNCCN(C)C(C)c1cccc2ccccc12. The molecule has 2 heteroatoms. The van der Waals surface area contributed by atoms with E-state index in [0.717, 1.165) is 13.1 Å². The van der Waals surface area contributed by atoms with Crippen LogP contribution in [-0.4, -0.2) is 32.1 Å². The van der Waals surface area contributed by atoms with Crippen molar-refractivity contribution in [3.8, 4) is 0 Å². The number of benzene rings is 2. The lowest BCUT2D eigenvalue weighted by atomic mass is 9.99. The number of nitrogens with zero attached hydrogens (tertiary/aromatic N) is 1. The summed E-state index contributed by atoms with van der Waals surface area (Å²) in [6.07, 6.45) is 0. The highest BCUT2D eigenvalue weighted by Crippen LogP contribution is 2.26. The van der Waals surface area contributed by atoms with Crippen molar-refractivity contribution < 1.29 is 0 Å². The maximum atomic E-state index is 3.20. The maximum absolute atomic E-state index is 3.20. The van der Waals surface area contributed by atoms with Gasteiger partial charge in [0, 0.05) is 19.1 Å². The first kappa shape index (κ1) is 13.1. The zero-order valence-corrected chi connectivity index (χ0v) is 11.5. The lowest BCUT2D eigenvalue weighted by Gasteiger charge is -2.26. The van der Waals surface area contributed by atoms with Crippen LogP contribution in [-0.2, 0) is 0 Å². The second-order valence-corrected chi connectivity index (χ2v) is 4.83. The molecular weight excluding hydrogens is 220 g/mol. The van der Waals surface area contributed by atoms with Crippen LogP contribution in [0.15, 0.2) is 42.5 Å². The van der Waals surface area contributed by atoms with E-state index >= 15 is 0 Å². The molecule has 0 aliphatic carbocycles. The molecule has 0 amide bonds. The molecule has 0 saturated heterocycles. The summed E-state index contributed by atoms with van der Waals surface area (Å²) in [6, 6.07) is 15.6. The normalized spacial score (nSPS) is 13.1. The van der Waals surface area contributed by atoms with Crippen molar-refractivity contribution in [3.63, 3.8) is 0 Å². The molecule has 1 N–H and O–H groups in total. The predicted molar refractivity (Wildman–Crippen MR) is 78.9 cm³/mol. The molecule has 0 aliphatic rings. The van der Waals surface area contributed by atoms with Crippen LogP contribution >= 0.6 is 0 Å². The number of hydrogen-bond acceptors (Lipinski definition) is 2. The Morgan fingerprint density at radius 1 is 1.11 bits per heavy atom. The molecule has 0 radical (unpaired) electrons. The first-order chi connectivity index (χ1) is 8.74. The fourth-order valence-corrected chi connectivity index (χ4v) is 2.33. The van der Waals surface area contributed by atoms with Crippen LogP contribution in [0.2, 0.25) is 0 Å². The minimum absolute atomic E-state index is 0.435. The lowest BCUT2D eigenvalue weighted by Crippen LogP contribution is -2.29. The van der Waals surface area contributed by atoms with E-state index in [9.17, 15) is 0 Å². The summed E-state index contributed by atoms with van der Waals surface area (Å²) in [5.41, 5.74) is 1.41. The second-order valence-electron chi connectivity index (χ2n) is 4.83. The summed E-state index contributed by atoms with van der Waals surface area (Å²) in [6.45, 7) is 4.35. The first-order valence-corrected chi connectivity index (χ1v) is 6.56. The zero-order chi connectivity index (χ0) is 13.0. The molecule has 2 nitrogen and oxygen atoms in total. The highest BCUT2D eigenvalue weighted by molar-refractivity contribution is 5.86. The summed E-state index contributed by atoms with van der Waals surface area (Å²) in [5.74, 6) is 0. The van der Waals surface area contributed by atoms with Crippen LogP contribution in [0, 0.1) is 0 Å². The Morgan fingerprint density at radius 2 is 1.83 bits per heavy atom. The van der Waals surface area contributed by atoms with Gasteiger partial charge in [0.25, 0.3) is 0 Å². The molecular formula is C16H22N2. The molecule has 1 unspecified atom stereocenters. The highest BCUT2D eigenvalue weighted by Gasteiger charge is 2.13. The third-order valence-electron chi connectivity index (χ3n) is 3.65. The van der Waals surface area contributed by atoms with E-state index in [1.165, 1.54) is 16.3 Å². The summed E-state index contributed by atoms with van der Waals surface area (Å²) in [5, 5.41) is 5.89. The average molecular weight is 242 g/mol. The number of nitrogens with one attached hydrogen (secondary N) is 1. The number of fused-ring (bicyclic) bond motifs is 1. The third-order valence-corrected chi connectivity index (χ3v) is 3.65. The van der Waals surface area contributed by atoms with Crippen LogP contribution in [0.5, 0.6) is 0 Å². The summed E-state index contributed by atoms with van der Waals surface area (Å²) >= 11 is 0. The summed E-state index contributed by atoms with van der Waals surface area (Å²) in [7, 11) is 4.18. The van der Waals surface area contributed by atoms with Crippen molar-refractivity contribution in [1.29, 1.82) is 0 Å². The molecule has 96 valence electrons. The van der Waals surface area contributed by atoms with Crippen molar-refractivity contribution in [3.05, 3.63) is 48.0 Å². The number of rotatable bonds is 5. The number of likely N-dealkylation sites (N-methyl/N-ethyl adjacent to an activating group) is 2. The smallest absolute Gasteiger partial charge is 0.0323 e. The van der Waals surface area contributed by atoms with Crippen LogP contribution in [0.3, 0.4) is 0 Å². The van der Waals surface area contributed by atoms with Gasteiger partial charge in [0.15, 0.2) is 0 Å². The molecule has 1 atom stereocenters. The molecule has 0 bridgehead atoms. The maximum Gasteiger partial charge on any atom is 0.0323 e. The molecule has 0 spiro atoms. The molecule has 2 aromatic carbocycles. The van der Waals surface area contributed by atoms with Gasteiger partial charge in [-0.15, -0.1) is 0 Å². The van der Waals surface area contributed by atoms with E-state index < -0.39 is 0 Å². The van der Waals surface area contributed by atoms with Crippen molar-refractivity contribution in [2.75, 3.05) is 27.2 Å². The zero-order valence-electron chi connectivity index (χ0n) is 11.5. The summed E-state index contributed by atoms with van der Waals surface area (Å²) in [4.78, 5) is 2.39. The molecule has 0 aromatic heterocycles. The van der Waals surface area contributed by atoms with Gasteiger partial charge >= 0.3 is 0 Å². The molecule has 0 saturated carbocycles. The van der Waals surface area contributed by atoms with Crippen molar-refractivity contribution in [2.45, 2.75) is 13.0 Å². The Balaban J connectivity index is 2.29. The van der Waals surface area contributed by atoms with E-state index in [1.54, 1.807) is 0 Å². The van der Waals surface area contributed by atoms with Gasteiger partial charge in [-0.05, 0) is 37.4 Å². The fourth-order valence-electron chi connectivity index (χ4n) is 2.33. The highest BCUT2D eigenvalue weighted by atomic mass is 15.1. The van der Waals surface area contributed by atoms with E-state index in [4.69, 9.17) is 0 Å². The molecule has 0 aliphatic heterocycles.